The van der Waals surface area contributed by atoms with Gasteiger partial charge in [0, 0.05) is 0 Å². The summed E-state index contributed by atoms with van der Waals surface area (Å²) in [5.74, 6) is 0.968. The van der Waals surface area contributed by atoms with Crippen LogP contribution in [0.4, 0.5) is 0 Å². The van der Waals surface area contributed by atoms with Gasteiger partial charge in [-0.05, 0) is 57.5 Å². The van der Waals surface area contributed by atoms with E-state index in [9.17, 15) is 4.79 Å². The number of aryl methyl sites for hydroxylation is 1. The molecule has 1 aromatic heterocycles. The molecule has 3 rings (SSSR count). The van der Waals surface area contributed by atoms with Crippen LogP contribution < -0.4 is 0 Å². The highest BCUT2D eigenvalue weighted by Gasteiger charge is 2.29. The van der Waals surface area contributed by atoms with E-state index in [1.807, 2.05) is 0 Å². The number of carbonyl (C=O) groups excluding carboxylic acids is 1. The van der Waals surface area contributed by atoms with E-state index in [0.717, 1.165) is 42.8 Å². The van der Waals surface area contributed by atoms with Gasteiger partial charge in [-0.3, -0.25) is 9.69 Å². The van der Waals surface area contributed by atoms with Gasteiger partial charge in [-0.25, -0.2) is 4.98 Å². The molecule has 0 spiro atoms. The first-order valence-corrected chi connectivity index (χ1v) is 7.86. The van der Waals surface area contributed by atoms with Crippen molar-refractivity contribution in [3.8, 4) is 0 Å². The number of hydrogen-bond acceptors (Lipinski definition) is 4. The molecule has 1 saturated heterocycles. The molecule has 2 aromatic rings. The van der Waals surface area contributed by atoms with Crippen molar-refractivity contribution >= 4 is 17.0 Å². The molecule has 2 heterocycles. The minimum absolute atomic E-state index is 0.0479. The Labute approximate surface area is 130 Å². The second-order valence-electron chi connectivity index (χ2n) is 6.15. The van der Waals surface area contributed by atoms with Gasteiger partial charge < -0.3 is 9.72 Å². The van der Waals surface area contributed by atoms with Crippen molar-refractivity contribution in [1.29, 1.82) is 0 Å². The van der Waals surface area contributed by atoms with Crippen LogP contribution in [-0.4, -0.2) is 41.0 Å². The molecule has 5 heteroatoms. The maximum Gasteiger partial charge on any atom is 0.308 e. The Kier molecular flexibility index (Phi) is 4.16. The molecule has 0 radical (unpaired) electrons. The summed E-state index contributed by atoms with van der Waals surface area (Å²) in [5, 5.41) is 0. The van der Waals surface area contributed by atoms with Crippen LogP contribution in [0.3, 0.4) is 0 Å². The Morgan fingerprint density at radius 1 is 1.41 bits per heavy atom. The van der Waals surface area contributed by atoms with Gasteiger partial charge >= 0.3 is 5.97 Å². The number of benzene rings is 1. The summed E-state index contributed by atoms with van der Waals surface area (Å²) < 4.78 is 4.85. The zero-order valence-corrected chi connectivity index (χ0v) is 13.4. The second-order valence-corrected chi connectivity index (χ2v) is 6.15. The van der Waals surface area contributed by atoms with E-state index in [0.29, 0.717) is 0 Å². The van der Waals surface area contributed by atoms with Gasteiger partial charge in [0.2, 0.25) is 0 Å². The number of esters is 1. The van der Waals surface area contributed by atoms with Crippen molar-refractivity contribution in [2.24, 2.45) is 5.92 Å². The minimum Gasteiger partial charge on any atom is -0.469 e. The van der Waals surface area contributed by atoms with Crippen LogP contribution in [-0.2, 0) is 9.53 Å². The molecule has 118 valence electrons. The highest BCUT2D eigenvalue weighted by atomic mass is 16.5. The molecule has 1 fully saturated rings. The van der Waals surface area contributed by atoms with E-state index < -0.39 is 0 Å². The van der Waals surface area contributed by atoms with Crippen molar-refractivity contribution < 1.29 is 9.53 Å². The molecule has 1 aliphatic heterocycles. The SMILES string of the molecule is COC(=O)C1CCN(C(C)c2nc3ccc(C)cc3[nH]2)CC1. The molecular formula is C17H23N3O2. The Morgan fingerprint density at radius 3 is 2.82 bits per heavy atom. The van der Waals surface area contributed by atoms with E-state index in [1.165, 1.54) is 12.7 Å². The Bertz CT molecular complexity index is 672. The van der Waals surface area contributed by atoms with Crippen LogP contribution in [0.15, 0.2) is 18.2 Å². The molecule has 1 unspecified atom stereocenters. The smallest absolute Gasteiger partial charge is 0.308 e. The fourth-order valence-electron chi connectivity index (χ4n) is 3.20. The maximum atomic E-state index is 11.6. The number of likely N-dealkylation sites (tertiary alicyclic amines) is 1. The number of nitrogens with zero attached hydrogens (tertiary/aromatic N) is 2. The largest absolute Gasteiger partial charge is 0.469 e. The van der Waals surface area contributed by atoms with Gasteiger partial charge in [-0.2, -0.15) is 0 Å². The van der Waals surface area contributed by atoms with Gasteiger partial charge in [0.05, 0.1) is 30.1 Å². The monoisotopic (exact) mass is 301 g/mol. The number of aromatic amines is 1. The third-order valence-corrected chi connectivity index (χ3v) is 4.66. The van der Waals surface area contributed by atoms with Crippen LogP contribution in [0.1, 0.15) is 37.2 Å². The number of H-pyrrole nitrogens is 1. The number of imidazole rings is 1. The highest BCUT2D eigenvalue weighted by molar-refractivity contribution is 5.76. The quantitative estimate of drug-likeness (QED) is 0.886. The number of ether oxygens (including phenoxy) is 1. The standard InChI is InChI=1S/C17H23N3O2/c1-11-4-5-14-15(10-11)19-16(18-14)12(2)20-8-6-13(7-9-20)17(21)22-3/h4-5,10,12-13H,6-9H2,1-3H3,(H,18,19). The molecule has 1 N–H and O–H groups in total. The minimum atomic E-state index is -0.0773. The Balaban J connectivity index is 1.71. The van der Waals surface area contributed by atoms with Crippen LogP contribution >= 0.6 is 0 Å². The van der Waals surface area contributed by atoms with Crippen molar-refractivity contribution in [3.05, 3.63) is 29.6 Å². The molecule has 1 aliphatic rings. The van der Waals surface area contributed by atoms with Crippen molar-refractivity contribution in [2.75, 3.05) is 20.2 Å². The highest BCUT2D eigenvalue weighted by Crippen LogP contribution is 2.27. The average Bonchev–Trinajstić information content (AvgIpc) is 2.96. The van der Waals surface area contributed by atoms with Crippen LogP contribution in [0, 0.1) is 12.8 Å². The molecule has 1 atom stereocenters. The lowest BCUT2D eigenvalue weighted by Crippen LogP contribution is -2.38. The molecule has 22 heavy (non-hydrogen) atoms. The summed E-state index contributed by atoms with van der Waals surface area (Å²) >= 11 is 0. The lowest BCUT2D eigenvalue weighted by molar-refractivity contribution is -0.147. The summed E-state index contributed by atoms with van der Waals surface area (Å²) in [6.07, 6.45) is 1.71. The fourth-order valence-corrected chi connectivity index (χ4v) is 3.20. The van der Waals surface area contributed by atoms with Gasteiger partial charge in [0.15, 0.2) is 0 Å². The first kappa shape index (κ1) is 15.0. The lowest BCUT2D eigenvalue weighted by atomic mass is 9.96. The van der Waals surface area contributed by atoms with Gasteiger partial charge in [0.25, 0.3) is 0 Å². The summed E-state index contributed by atoms with van der Waals surface area (Å²) in [6.45, 7) is 6.05. The summed E-state index contributed by atoms with van der Waals surface area (Å²) in [5.41, 5.74) is 3.33. The van der Waals surface area contributed by atoms with E-state index in [1.54, 1.807) is 0 Å². The van der Waals surface area contributed by atoms with E-state index in [4.69, 9.17) is 9.72 Å². The van der Waals surface area contributed by atoms with Gasteiger partial charge in [-0.1, -0.05) is 6.07 Å². The first-order valence-electron chi connectivity index (χ1n) is 7.86. The fraction of sp³-hybridized carbons (Fsp3) is 0.529. The zero-order valence-electron chi connectivity index (χ0n) is 13.4. The number of methoxy groups -OCH3 is 1. The summed E-state index contributed by atoms with van der Waals surface area (Å²) in [6, 6.07) is 6.49. The van der Waals surface area contributed by atoms with Gasteiger partial charge in [-0.15, -0.1) is 0 Å². The number of rotatable bonds is 3. The molecule has 0 aliphatic carbocycles. The van der Waals surface area contributed by atoms with Gasteiger partial charge in [0.1, 0.15) is 5.82 Å². The van der Waals surface area contributed by atoms with E-state index >= 15 is 0 Å². The molecule has 0 amide bonds. The van der Waals surface area contributed by atoms with Crippen molar-refractivity contribution in [1.82, 2.24) is 14.9 Å². The predicted molar refractivity (Wildman–Crippen MR) is 85.6 cm³/mol. The average molecular weight is 301 g/mol. The zero-order chi connectivity index (χ0) is 15.7. The van der Waals surface area contributed by atoms with E-state index in [-0.39, 0.29) is 17.9 Å². The van der Waals surface area contributed by atoms with Crippen LogP contribution in [0.5, 0.6) is 0 Å². The third kappa shape index (κ3) is 2.86. The first-order chi connectivity index (χ1) is 10.6. The van der Waals surface area contributed by atoms with Crippen LogP contribution in [0.25, 0.3) is 11.0 Å². The topological polar surface area (TPSA) is 58.2 Å². The van der Waals surface area contributed by atoms with Crippen molar-refractivity contribution in [3.63, 3.8) is 0 Å². The molecule has 1 aromatic carbocycles. The normalized spacial score (nSPS) is 18.5. The number of nitrogens with one attached hydrogen (secondary N) is 1. The molecular weight excluding hydrogens is 278 g/mol. The number of hydrogen-bond donors (Lipinski definition) is 1. The van der Waals surface area contributed by atoms with Crippen molar-refractivity contribution in [2.45, 2.75) is 32.7 Å². The molecule has 0 saturated carbocycles. The number of piperidine rings is 1. The summed E-state index contributed by atoms with van der Waals surface area (Å²) in [7, 11) is 1.47. The third-order valence-electron chi connectivity index (χ3n) is 4.66. The summed E-state index contributed by atoms with van der Waals surface area (Å²) in [4.78, 5) is 22.1. The van der Waals surface area contributed by atoms with E-state index in [2.05, 4.69) is 41.9 Å². The van der Waals surface area contributed by atoms with Crippen LogP contribution in [0.2, 0.25) is 0 Å². The second kappa shape index (κ2) is 6.08. The molecule has 0 bridgehead atoms. The maximum absolute atomic E-state index is 11.6. The number of fused-ring (bicyclic) bond motifs is 1. The molecule has 5 nitrogen and oxygen atoms in total. The Hall–Kier alpha value is -1.88. The lowest BCUT2D eigenvalue weighted by Gasteiger charge is -2.34. The Morgan fingerprint density at radius 2 is 2.14 bits per heavy atom. The number of carbonyl (C=O) groups is 1. The number of aromatic nitrogens is 2. The predicted octanol–water partition coefficient (Wildman–Crippen LogP) is 2.82.